The van der Waals surface area contributed by atoms with Crippen LogP contribution in [0.2, 0.25) is 0 Å². The topological polar surface area (TPSA) is 43.8 Å². The van der Waals surface area contributed by atoms with Gasteiger partial charge in [0.05, 0.1) is 5.69 Å². The quantitative estimate of drug-likeness (QED) is 0.882. The fourth-order valence-electron chi connectivity index (χ4n) is 1.99. The third-order valence-corrected chi connectivity index (χ3v) is 3.67. The standard InChI is InChI=1S/C13H19N3S/c1-3-12-8-13(16(2)15-12)7-11(14)6-10-4-5-17-9-10/h4-5,8-9,11H,3,6-7,14H2,1-2H3. The molecule has 0 spiro atoms. The highest BCUT2D eigenvalue weighted by Crippen LogP contribution is 2.11. The maximum atomic E-state index is 6.18. The molecule has 0 bridgehead atoms. The molecule has 2 aromatic heterocycles. The van der Waals surface area contributed by atoms with Gasteiger partial charge in [-0.2, -0.15) is 16.4 Å². The van der Waals surface area contributed by atoms with E-state index < -0.39 is 0 Å². The molecule has 0 aliphatic carbocycles. The van der Waals surface area contributed by atoms with Crippen LogP contribution in [0.5, 0.6) is 0 Å². The van der Waals surface area contributed by atoms with Gasteiger partial charge in [0, 0.05) is 25.2 Å². The zero-order valence-corrected chi connectivity index (χ0v) is 11.2. The first kappa shape index (κ1) is 12.3. The number of nitrogens with two attached hydrogens (primary N) is 1. The predicted octanol–water partition coefficient (Wildman–Crippen LogP) is 2.16. The van der Waals surface area contributed by atoms with Crippen LogP contribution in [0.25, 0.3) is 0 Å². The number of aromatic nitrogens is 2. The Labute approximate surface area is 106 Å². The van der Waals surface area contributed by atoms with Crippen molar-refractivity contribution in [1.29, 1.82) is 0 Å². The van der Waals surface area contributed by atoms with E-state index in [4.69, 9.17) is 5.73 Å². The zero-order valence-electron chi connectivity index (χ0n) is 10.4. The largest absolute Gasteiger partial charge is 0.327 e. The molecule has 0 saturated carbocycles. The molecule has 0 amide bonds. The first-order chi connectivity index (χ1) is 8.19. The maximum Gasteiger partial charge on any atom is 0.0624 e. The van der Waals surface area contributed by atoms with E-state index in [9.17, 15) is 0 Å². The molecule has 2 heterocycles. The summed E-state index contributed by atoms with van der Waals surface area (Å²) in [4.78, 5) is 0. The van der Waals surface area contributed by atoms with Crippen LogP contribution in [0.15, 0.2) is 22.9 Å². The van der Waals surface area contributed by atoms with Gasteiger partial charge in [-0.1, -0.05) is 6.92 Å². The fourth-order valence-corrected chi connectivity index (χ4v) is 2.67. The average molecular weight is 249 g/mol. The molecule has 92 valence electrons. The van der Waals surface area contributed by atoms with Crippen LogP contribution in [-0.4, -0.2) is 15.8 Å². The Hall–Kier alpha value is -1.13. The van der Waals surface area contributed by atoms with Crippen LogP contribution in [0.3, 0.4) is 0 Å². The monoisotopic (exact) mass is 249 g/mol. The molecule has 1 unspecified atom stereocenters. The molecule has 3 nitrogen and oxygen atoms in total. The van der Waals surface area contributed by atoms with Crippen LogP contribution >= 0.6 is 11.3 Å². The van der Waals surface area contributed by atoms with E-state index in [1.165, 1.54) is 11.3 Å². The molecule has 0 aliphatic heterocycles. The minimum absolute atomic E-state index is 0.171. The minimum Gasteiger partial charge on any atom is -0.327 e. The first-order valence-corrected chi connectivity index (χ1v) is 6.91. The van der Waals surface area contributed by atoms with E-state index in [2.05, 4.69) is 34.9 Å². The lowest BCUT2D eigenvalue weighted by Crippen LogP contribution is -2.26. The number of hydrogen-bond acceptors (Lipinski definition) is 3. The molecule has 2 aromatic rings. The Morgan fingerprint density at radius 1 is 1.47 bits per heavy atom. The summed E-state index contributed by atoms with van der Waals surface area (Å²) in [5.41, 5.74) is 9.88. The molecule has 17 heavy (non-hydrogen) atoms. The van der Waals surface area contributed by atoms with Gasteiger partial charge in [0.2, 0.25) is 0 Å². The fraction of sp³-hybridized carbons (Fsp3) is 0.462. The van der Waals surface area contributed by atoms with Crippen LogP contribution in [0.1, 0.15) is 23.9 Å². The number of aryl methyl sites for hydroxylation is 2. The van der Waals surface area contributed by atoms with Crippen molar-refractivity contribution in [1.82, 2.24) is 9.78 Å². The van der Waals surface area contributed by atoms with Crippen LogP contribution < -0.4 is 5.73 Å². The van der Waals surface area contributed by atoms with E-state index >= 15 is 0 Å². The SMILES string of the molecule is CCc1cc(CC(N)Cc2ccsc2)n(C)n1. The van der Waals surface area contributed by atoms with Gasteiger partial charge >= 0.3 is 0 Å². The van der Waals surface area contributed by atoms with Gasteiger partial charge in [-0.05, 0) is 41.3 Å². The van der Waals surface area contributed by atoms with Crippen molar-refractivity contribution in [3.05, 3.63) is 39.8 Å². The second-order valence-corrected chi connectivity index (χ2v) is 5.18. The van der Waals surface area contributed by atoms with Crippen molar-refractivity contribution in [3.8, 4) is 0 Å². The van der Waals surface area contributed by atoms with Crippen LogP contribution in [0, 0.1) is 0 Å². The van der Waals surface area contributed by atoms with Crippen molar-refractivity contribution < 1.29 is 0 Å². The van der Waals surface area contributed by atoms with E-state index in [1.54, 1.807) is 11.3 Å². The Kier molecular flexibility index (Phi) is 3.97. The summed E-state index contributed by atoms with van der Waals surface area (Å²) in [6.45, 7) is 2.12. The van der Waals surface area contributed by atoms with Gasteiger partial charge in [0.1, 0.15) is 0 Å². The van der Waals surface area contributed by atoms with Crippen LogP contribution in [-0.2, 0) is 26.3 Å². The van der Waals surface area contributed by atoms with Crippen molar-refractivity contribution in [2.24, 2.45) is 12.8 Å². The van der Waals surface area contributed by atoms with Crippen molar-refractivity contribution in [2.45, 2.75) is 32.2 Å². The van der Waals surface area contributed by atoms with E-state index in [0.29, 0.717) is 0 Å². The Bertz CT molecular complexity index is 459. The second kappa shape index (κ2) is 5.47. The van der Waals surface area contributed by atoms with Crippen molar-refractivity contribution in [2.75, 3.05) is 0 Å². The predicted molar refractivity (Wildman–Crippen MR) is 72.3 cm³/mol. The normalized spacial score (nSPS) is 12.9. The highest BCUT2D eigenvalue weighted by atomic mass is 32.1. The molecular weight excluding hydrogens is 230 g/mol. The molecule has 0 saturated heterocycles. The maximum absolute atomic E-state index is 6.18. The summed E-state index contributed by atoms with van der Waals surface area (Å²) >= 11 is 1.73. The third kappa shape index (κ3) is 3.17. The Morgan fingerprint density at radius 2 is 2.29 bits per heavy atom. The summed E-state index contributed by atoms with van der Waals surface area (Å²) in [6, 6.07) is 4.48. The number of rotatable bonds is 5. The first-order valence-electron chi connectivity index (χ1n) is 5.97. The van der Waals surface area contributed by atoms with Gasteiger partial charge in [-0.25, -0.2) is 0 Å². The molecule has 0 aliphatic rings. The lowest BCUT2D eigenvalue weighted by Gasteiger charge is -2.10. The van der Waals surface area contributed by atoms with Crippen LogP contribution in [0.4, 0.5) is 0 Å². The summed E-state index contributed by atoms with van der Waals surface area (Å²) in [5.74, 6) is 0. The summed E-state index contributed by atoms with van der Waals surface area (Å²) in [7, 11) is 1.99. The molecular formula is C13H19N3S. The Balaban J connectivity index is 1.97. The smallest absolute Gasteiger partial charge is 0.0624 e. The minimum atomic E-state index is 0.171. The second-order valence-electron chi connectivity index (χ2n) is 4.40. The highest BCUT2D eigenvalue weighted by Gasteiger charge is 2.10. The molecule has 0 aromatic carbocycles. The summed E-state index contributed by atoms with van der Waals surface area (Å²) in [5, 5.41) is 8.71. The van der Waals surface area contributed by atoms with Crippen molar-refractivity contribution >= 4 is 11.3 Å². The molecule has 0 fully saturated rings. The van der Waals surface area contributed by atoms with Gasteiger partial charge in [-0.15, -0.1) is 0 Å². The summed E-state index contributed by atoms with van der Waals surface area (Å²) in [6.07, 6.45) is 2.81. The Morgan fingerprint density at radius 3 is 2.88 bits per heavy atom. The van der Waals surface area contributed by atoms with E-state index in [1.807, 2.05) is 11.7 Å². The number of hydrogen-bond donors (Lipinski definition) is 1. The van der Waals surface area contributed by atoms with Gasteiger partial charge in [-0.3, -0.25) is 4.68 Å². The van der Waals surface area contributed by atoms with Gasteiger partial charge in [0.15, 0.2) is 0 Å². The highest BCUT2D eigenvalue weighted by molar-refractivity contribution is 7.07. The summed E-state index contributed by atoms with van der Waals surface area (Å²) < 4.78 is 1.95. The van der Waals surface area contributed by atoms with Gasteiger partial charge in [0.25, 0.3) is 0 Å². The molecule has 2 N–H and O–H groups in total. The molecule has 2 rings (SSSR count). The molecule has 4 heteroatoms. The van der Waals surface area contributed by atoms with Crippen molar-refractivity contribution in [3.63, 3.8) is 0 Å². The number of thiophene rings is 1. The zero-order chi connectivity index (χ0) is 12.3. The third-order valence-electron chi connectivity index (χ3n) is 2.94. The van der Waals surface area contributed by atoms with E-state index in [-0.39, 0.29) is 6.04 Å². The molecule has 1 atom stereocenters. The van der Waals surface area contributed by atoms with Gasteiger partial charge < -0.3 is 5.73 Å². The molecule has 0 radical (unpaired) electrons. The van der Waals surface area contributed by atoms with E-state index in [0.717, 1.165) is 25.0 Å². The number of nitrogens with zero attached hydrogens (tertiary/aromatic N) is 2. The average Bonchev–Trinajstić information content (AvgIpc) is 2.89. The lowest BCUT2D eigenvalue weighted by molar-refractivity contribution is 0.612. The lowest BCUT2D eigenvalue weighted by atomic mass is 10.0.